The Hall–Kier alpha value is -1.52. The summed E-state index contributed by atoms with van der Waals surface area (Å²) in [6.07, 6.45) is 0.406. The lowest BCUT2D eigenvalue weighted by Gasteiger charge is -2.18. The van der Waals surface area contributed by atoms with E-state index >= 15 is 0 Å². The maximum absolute atomic E-state index is 11.0. The van der Waals surface area contributed by atoms with Gasteiger partial charge in [0.25, 0.3) is 0 Å². The Morgan fingerprint density at radius 2 is 2.00 bits per heavy atom. The van der Waals surface area contributed by atoms with Crippen molar-refractivity contribution in [1.82, 2.24) is 5.32 Å². The zero-order valence-electron chi connectivity index (χ0n) is 9.33. The Labute approximate surface area is 89.4 Å². The minimum Gasteiger partial charge on any atom is -0.432 e. The molecule has 0 aromatic rings. The van der Waals surface area contributed by atoms with E-state index in [1.807, 2.05) is 0 Å². The molecule has 0 aromatic carbocycles. The van der Waals surface area contributed by atoms with Crippen LogP contribution in [-0.4, -0.2) is 30.8 Å². The Morgan fingerprint density at radius 3 is 2.47 bits per heavy atom. The summed E-state index contributed by atoms with van der Waals surface area (Å²) >= 11 is 0. The van der Waals surface area contributed by atoms with Gasteiger partial charge in [-0.25, -0.2) is 4.79 Å². The lowest BCUT2D eigenvalue weighted by molar-refractivity contribution is -0.116. The van der Waals surface area contributed by atoms with Crippen LogP contribution in [0.4, 0.5) is 4.79 Å². The molecule has 5 nitrogen and oxygen atoms in total. The first-order valence-corrected chi connectivity index (χ1v) is 4.61. The molecule has 0 aliphatic rings. The standard InChI is InChI=1S/C10H17NO4/c1-5-8(12)11-6-7-14-9(13)15-10(2,3)4/h5H,1,6-7H2,2-4H3,(H,11,12). The van der Waals surface area contributed by atoms with E-state index < -0.39 is 11.8 Å². The van der Waals surface area contributed by atoms with E-state index in [4.69, 9.17) is 9.47 Å². The van der Waals surface area contributed by atoms with Crippen molar-refractivity contribution in [2.75, 3.05) is 13.2 Å². The number of amides is 1. The predicted molar refractivity (Wildman–Crippen MR) is 55.4 cm³/mol. The largest absolute Gasteiger partial charge is 0.508 e. The maximum Gasteiger partial charge on any atom is 0.508 e. The molecule has 0 radical (unpaired) electrons. The van der Waals surface area contributed by atoms with Crippen LogP contribution < -0.4 is 5.32 Å². The summed E-state index contributed by atoms with van der Waals surface area (Å²) in [6.45, 7) is 8.83. The molecule has 15 heavy (non-hydrogen) atoms. The van der Waals surface area contributed by atoms with Crippen LogP contribution >= 0.6 is 0 Å². The van der Waals surface area contributed by atoms with E-state index in [9.17, 15) is 9.59 Å². The van der Waals surface area contributed by atoms with Crippen LogP contribution in [0.3, 0.4) is 0 Å². The van der Waals surface area contributed by atoms with Gasteiger partial charge in [0.05, 0.1) is 6.54 Å². The van der Waals surface area contributed by atoms with Crippen molar-refractivity contribution < 1.29 is 19.1 Å². The highest BCUT2D eigenvalue weighted by Gasteiger charge is 2.16. The van der Waals surface area contributed by atoms with Gasteiger partial charge >= 0.3 is 6.16 Å². The molecule has 0 aliphatic carbocycles. The topological polar surface area (TPSA) is 64.6 Å². The van der Waals surface area contributed by atoms with Crippen molar-refractivity contribution >= 4 is 12.1 Å². The number of nitrogens with one attached hydrogen (secondary N) is 1. The van der Waals surface area contributed by atoms with E-state index in [-0.39, 0.29) is 19.1 Å². The van der Waals surface area contributed by atoms with Crippen molar-refractivity contribution in [2.45, 2.75) is 26.4 Å². The molecule has 0 spiro atoms. The third kappa shape index (κ3) is 8.80. The van der Waals surface area contributed by atoms with Gasteiger partial charge in [-0.15, -0.1) is 0 Å². The second-order valence-electron chi connectivity index (χ2n) is 3.81. The molecule has 0 rings (SSSR count). The number of hydrogen-bond acceptors (Lipinski definition) is 4. The van der Waals surface area contributed by atoms with Gasteiger partial charge < -0.3 is 14.8 Å². The zero-order chi connectivity index (χ0) is 11.9. The highest BCUT2D eigenvalue weighted by Crippen LogP contribution is 2.07. The molecule has 86 valence electrons. The van der Waals surface area contributed by atoms with Crippen LogP contribution in [0.2, 0.25) is 0 Å². The minimum absolute atomic E-state index is 0.0779. The molecule has 0 bridgehead atoms. The average Bonchev–Trinajstić information content (AvgIpc) is 2.09. The van der Waals surface area contributed by atoms with E-state index in [0.717, 1.165) is 6.08 Å². The van der Waals surface area contributed by atoms with Gasteiger partial charge in [-0.3, -0.25) is 4.79 Å². The third-order valence-electron chi connectivity index (χ3n) is 1.20. The molecule has 1 N–H and O–H groups in total. The average molecular weight is 215 g/mol. The fourth-order valence-electron chi connectivity index (χ4n) is 0.660. The number of carbonyl (C=O) groups is 2. The number of ether oxygens (including phenoxy) is 2. The van der Waals surface area contributed by atoms with Gasteiger partial charge in [0.2, 0.25) is 5.91 Å². The second kappa shape index (κ2) is 6.06. The monoisotopic (exact) mass is 215 g/mol. The van der Waals surface area contributed by atoms with Crippen LogP contribution in [0.1, 0.15) is 20.8 Å². The molecule has 0 aliphatic heterocycles. The normalized spacial score (nSPS) is 10.3. The van der Waals surface area contributed by atoms with Gasteiger partial charge in [-0.2, -0.15) is 0 Å². The number of hydrogen-bond donors (Lipinski definition) is 1. The molecular weight excluding hydrogens is 198 g/mol. The number of carbonyl (C=O) groups excluding carboxylic acids is 2. The molecular formula is C10H17NO4. The molecule has 0 atom stereocenters. The predicted octanol–water partition coefficient (Wildman–Crippen LogP) is 1.24. The summed E-state index contributed by atoms with van der Waals surface area (Å²) in [5.41, 5.74) is -0.568. The molecule has 5 heteroatoms. The Morgan fingerprint density at radius 1 is 1.40 bits per heavy atom. The number of rotatable bonds is 4. The summed E-state index contributed by atoms with van der Waals surface area (Å²) < 4.78 is 9.58. The SMILES string of the molecule is C=CC(=O)NCCOC(=O)OC(C)(C)C. The van der Waals surface area contributed by atoms with E-state index in [0.29, 0.717) is 0 Å². The lowest BCUT2D eigenvalue weighted by Crippen LogP contribution is -2.29. The molecule has 0 aromatic heterocycles. The van der Waals surface area contributed by atoms with E-state index in [1.165, 1.54) is 0 Å². The molecule has 0 saturated carbocycles. The lowest BCUT2D eigenvalue weighted by atomic mass is 10.2. The van der Waals surface area contributed by atoms with Gasteiger partial charge in [-0.05, 0) is 26.8 Å². The zero-order valence-corrected chi connectivity index (χ0v) is 9.33. The molecule has 0 heterocycles. The van der Waals surface area contributed by atoms with Crippen LogP contribution in [0, 0.1) is 0 Å². The second-order valence-corrected chi connectivity index (χ2v) is 3.81. The van der Waals surface area contributed by atoms with Crippen molar-refractivity contribution in [1.29, 1.82) is 0 Å². The summed E-state index contributed by atoms with van der Waals surface area (Å²) in [7, 11) is 0. The smallest absolute Gasteiger partial charge is 0.432 e. The van der Waals surface area contributed by atoms with Crippen LogP contribution in [0.15, 0.2) is 12.7 Å². The van der Waals surface area contributed by atoms with Gasteiger partial charge in [0, 0.05) is 0 Å². The first-order valence-electron chi connectivity index (χ1n) is 4.61. The first kappa shape index (κ1) is 13.5. The molecule has 0 fully saturated rings. The summed E-state index contributed by atoms with van der Waals surface area (Å²) in [6, 6.07) is 0. The Kier molecular flexibility index (Phi) is 5.44. The Bertz CT molecular complexity index is 242. The molecule has 0 saturated heterocycles. The first-order chi connectivity index (χ1) is 6.85. The fraction of sp³-hybridized carbons (Fsp3) is 0.600. The van der Waals surface area contributed by atoms with Gasteiger partial charge in [-0.1, -0.05) is 6.58 Å². The molecule has 0 unspecified atom stereocenters. The van der Waals surface area contributed by atoms with Crippen LogP contribution in [0.5, 0.6) is 0 Å². The van der Waals surface area contributed by atoms with Crippen LogP contribution in [0.25, 0.3) is 0 Å². The molecule has 1 amide bonds. The summed E-state index contributed by atoms with van der Waals surface area (Å²) in [5.74, 6) is -0.303. The van der Waals surface area contributed by atoms with E-state index in [2.05, 4.69) is 11.9 Å². The highest BCUT2D eigenvalue weighted by molar-refractivity contribution is 5.86. The van der Waals surface area contributed by atoms with Gasteiger partial charge in [0.1, 0.15) is 12.2 Å². The van der Waals surface area contributed by atoms with Crippen molar-refractivity contribution in [2.24, 2.45) is 0 Å². The van der Waals surface area contributed by atoms with Crippen LogP contribution in [-0.2, 0) is 14.3 Å². The minimum atomic E-state index is -0.740. The summed E-state index contributed by atoms with van der Waals surface area (Å²) in [5, 5.41) is 2.46. The van der Waals surface area contributed by atoms with Gasteiger partial charge in [0.15, 0.2) is 0 Å². The fourth-order valence-corrected chi connectivity index (χ4v) is 0.660. The summed E-state index contributed by atoms with van der Waals surface area (Å²) in [4.78, 5) is 21.7. The van der Waals surface area contributed by atoms with Crippen molar-refractivity contribution in [3.8, 4) is 0 Å². The van der Waals surface area contributed by atoms with Crippen molar-refractivity contribution in [3.63, 3.8) is 0 Å². The quantitative estimate of drug-likeness (QED) is 0.435. The van der Waals surface area contributed by atoms with E-state index in [1.54, 1.807) is 20.8 Å². The highest BCUT2D eigenvalue weighted by atomic mass is 16.7. The third-order valence-corrected chi connectivity index (χ3v) is 1.20. The maximum atomic E-state index is 11.0. The Balaban J connectivity index is 3.56. The van der Waals surface area contributed by atoms with Crippen molar-refractivity contribution in [3.05, 3.63) is 12.7 Å².